The van der Waals surface area contributed by atoms with Crippen molar-refractivity contribution in [3.63, 3.8) is 0 Å². The van der Waals surface area contributed by atoms with Crippen molar-refractivity contribution in [2.45, 2.75) is 18.6 Å². The van der Waals surface area contributed by atoms with Crippen molar-refractivity contribution in [2.24, 2.45) is 10.2 Å². The number of carboxylic acids is 1. The number of anilines is 1. The number of amides is 1. The summed E-state index contributed by atoms with van der Waals surface area (Å²) in [5.41, 5.74) is 2.24. The minimum Gasteiger partial charge on any atom is -0.481 e. The second-order valence-electron chi connectivity index (χ2n) is 5.79. The number of benzene rings is 2. The van der Waals surface area contributed by atoms with Gasteiger partial charge in [0.1, 0.15) is 5.25 Å². The second kappa shape index (κ2) is 8.49. The van der Waals surface area contributed by atoms with Gasteiger partial charge in [0.2, 0.25) is 5.91 Å². The summed E-state index contributed by atoms with van der Waals surface area (Å²) in [7, 11) is 0. The molecule has 1 amide bonds. The monoisotopic (exact) mass is 445 g/mol. The van der Waals surface area contributed by atoms with Crippen LogP contribution < -0.4 is 4.90 Å². The maximum absolute atomic E-state index is 12.7. The lowest BCUT2D eigenvalue weighted by molar-refractivity contribution is -0.138. The molecule has 0 spiro atoms. The van der Waals surface area contributed by atoms with Gasteiger partial charge >= 0.3 is 5.97 Å². The van der Waals surface area contributed by atoms with E-state index >= 15 is 0 Å². The van der Waals surface area contributed by atoms with E-state index in [1.807, 2.05) is 49.4 Å². The average molecular weight is 446 g/mol. The molecule has 1 aliphatic heterocycles. The molecule has 1 N–H and O–H groups in total. The van der Waals surface area contributed by atoms with Crippen LogP contribution in [0.4, 0.5) is 5.69 Å². The number of amidine groups is 1. The second-order valence-corrected chi connectivity index (χ2v) is 7.87. The zero-order valence-electron chi connectivity index (χ0n) is 14.4. The zero-order chi connectivity index (χ0) is 19.4. The number of carbonyl (C=O) groups excluding carboxylic acids is 1. The molecule has 2 aromatic carbocycles. The first-order valence-corrected chi connectivity index (χ1v) is 9.78. The molecule has 27 heavy (non-hydrogen) atoms. The molecule has 2 aromatic rings. The van der Waals surface area contributed by atoms with Gasteiger partial charge < -0.3 is 5.11 Å². The molecule has 1 fully saturated rings. The molecule has 1 heterocycles. The van der Waals surface area contributed by atoms with Gasteiger partial charge in [-0.3, -0.25) is 14.5 Å². The number of carboxylic acid groups (broad SMARTS) is 1. The van der Waals surface area contributed by atoms with Gasteiger partial charge in [0.05, 0.1) is 17.8 Å². The zero-order valence-corrected chi connectivity index (χ0v) is 16.8. The standard InChI is InChI=1S/C19H16BrN3O3S/c1-12(13-7-9-14(20)10-8-13)21-22-19-23(15-5-3-2-4-6-15)18(26)16(27-19)11-17(24)25/h2-10,16H,11H2,1H3,(H,24,25)/b21-12+,22-19-/t16-/m1/s1. The molecule has 1 saturated heterocycles. The van der Waals surface area contributed by atoms with E-state index in [0.717, 1.165) is 21.8 Å². The van der Waals surface area contributed by atoms with Gasteiger partial charge in [-0.25, -0.2) is 0 Å². The minimum absolute atomic E-state index is 0.263. The van der Waals surface area contributed by atoms with E-state index in [1.165, 1.54) is 4.90 Å². The Labute approximate surface area is 169 Å². The van der Waals surface area contributed by atoms with Crippen LogP contribution in [0.3, 0.4) is 0 Å². The van der Waals surface area contributed by atoms with Crippen LogP contribution in [0.25, 0.3) is 0 Å². The molecule has 0 bridgehead atoms. The summed E-state index contributed by atoms with van der Waals surface area (Å²) < 4.78 is 0.967. The summed E-state index contributed by atoms with van der Waals surface area (Å²) in [6.45, 7) is 1.83. The molecule has 0 unspecified atom stereocenters. The number of nitrogens with zero attached hydrogens (tertiary/aromatic N) is 3. The van der Waals surface area contributed by atoms with Gasteiger partial charge in [0.15, 0.2) is 5.17 Å². The smallest absolute Gasteiger partial charge is 0.305 e. The van der Waals surface area contributed by atoms with Crippen LogP contribution in [0.2, 0.25) is 0 Å². The molecule has 138 valence electrons. The number of aliphatic carboxylic acids is 1. The Bertz CT molecular complexity index is 914. The lowest BCUT2D eigenvalue weighted by Crippen LogP contribution is -2.32. The van der Waals surface area contributed by atoms with Gasteiger partial charge in [-0.1, -0.05) is 58.0 Å². The highest BCUT2D eigenvalue weighted by Crippen LogP contribution is 2.33. The predicted molar refractivity (Wildman–Crippen MR) is 111 cm³/mol. The summed E-state index contributed by atoms with van der Waals surface area (Å²) >= 11 is 4.51. The highest BCUT2D eigenvalue weighted by atomic mass is 79.9. The molecular weight excluding hydrogens is 430 g/mol. The van der Waals surface area contributed by atoms with Crippen LogP contribution in [-0.2, 0) is 9.59 Å². The van der Waals surface area contributed by atoms with Crippen molar-refractivity contribution in [2.75, 3.05) is 4.90 Å². The lowest BCUT2D eigenvalue weighted by Gasteiger charge is -2.15. The van der Waals surface area contributed by atoms with E-state index in [0.29, 0.717) is 16.6 Å². The van der Waals surface area contributed by atoms with Crippen molar-refractivity contribution in [3.8, 4) is 0 Å². The van der Waals surface area contributed by atoms with Crippen molar-refractivity contribution >= 4 is 56.1 Å². The van der Waals surface area contributed by atoms with E-state index in [4.69, 9.17) is 5.11 Å². The maximum atomic E-state index is 12.7. The van der Waals surface area contributed by atoms with Crippen LogP contribution >= 0.6 is 27.7 Å². The van der Waals surface area contributed by atoms with Crippen LogP contribution in [0.1, 0.15) is 18.9 Å². The highest BCUT2D eigenvalue weighted by Gasteiger charge is 2.40. The fourth-order valence-corrected chi connectivity index (χ4v) is 3.85. The van der Waals surface area contributed by atoms with Gasteiger partial charge in [0.25, 0.3) is 0 Å². The van der Waals surface area contributed by atoms with Crippen molar-refractivity contribution in [3.05, 3.63) is 64.6 Å². The SMILES string of the molecule is C/C(=N\N=C1/S[C@H](CC(=O)O)C(=O)N1c1ccccc1)c1ccc(Br)cc1. The fraction of sp³-hybridized carbons (Fsp3) is 0.158. The Morgan fingerprint density at radius 3 is 2.48 bits per heavy atom. The molecule has 0 radical (unpaired) electrons. The third-order valence-electron chi connectivity index (χ3n) is 3.86. The van der Waals surface area contributed by atoms with E-state index in [2.05, 4.69) is 26.1 Å². The Kier molecular flexibility index (Phi) is 6.08. The van der Waals surface area contributed by atoms with Crippen LogP contribution in [0.5, 0.6) is 0 Å². The van der Waals surface area contributed by atoms with E-state index in [9.17, 15) is 9.59 Å². The third kappa shape index (κ3) is 4.64. The Hall–Kier alpha value is -2.45. The fourth-order valence-electron chi connectivity index (χ4n) is 2.51. The summed E-state index contributed by atoms with van der Waals surface area (Å²) in [5, 5.41) is 17.2. The van der Waals surface area contributed by atoms with Gasteiger partial charge in [-0.2, -0.15) is 5.10 Å². The molecule has 0 aromatic heterocycles. The van der Waals surface area contributed by atoms with E-state index < -0.39 is 11.2 Å². The first kappa shape index (κ1) is 19.3. The Morgan fingerprint density at radius 2 is 1.85 bits per heavy atom. The molecule has 1 aliphatic rings. The molecule has 0 aliphatic carbocycles. The largest absolute Gasteiger partial charge is 0.481 e. The molecule has 1 atom stereocenters. The molecular formula is C19H16BrN3O3S. The van der Waals surface area contributed by atoms with E-state index in [-0.39, 0.29) is 12.3 Å². The Morgan fingerprint density at radius 1 is 1.19 bits per heavy atom. The number of rotatable bonds is 5. The van der Waals surface area contributed by atoms with Crippen molar-refractivity contribution < 1.29 is 14.7 Å². The first-order valence-electron chi connectivity index (χ1n) is 8.11. The van der Waals surface area contributed by atoms with Crippen LogP contribution in [0, 0.1) is 0 Å². The van der Waals surface area contributed by atoms with Gasteiger partial charge in [-0.15, -0.1) is 5.10 Å². The predicted octanol–water partition coefficient (Wildman–Crippen LogP) is 4.15. The summed E-state index contributed by atoms with van der Waals surface area (Å²) in [4.78, 5) is 25.2. The lowest BCUT2D eigenvalue weighted by atomic mass is 10.1. The number of carbonyl (C=O) groups is 2. The van der Waals surface area contributed by atoms with Crippen LogP contribution in [-0.4, -0.2) is 33.1 Å². The highest BCUT2D eigenvalue weighted by molar-refractivity contribution is 9.10. The molecule has 8 heteroatoms. The molecule has 6 nitrogen and oxygen atoms in total. The van der Waals surface area contributed by atoms with Gasteiger partial charge in [-0.05, 0) is 36.8 Å². The van der Waals surface area contributed by atoms with Crippen molar-refractivity contribution in [1.82, 2.24) is 0 Å². The summed E-state index contributed by atoms with van der Waals surface area (Å²) in [6, 6.07) is 16.7. The topological polar surface area (TPSA) is 82.3 Å². The number of para-hydroxylation sites is 1. The molecule has 3 rings (SSSR count). The molecule has 0 saturated carbocycles. The normalized spacial score (nSPS) is 19.0. The maximum Gasteiger partial charge on any atom is 0.305 e. The average Bonchev–Trinajstić information content (AvgIpc) is 2.96. The number of halogens is 1. The van der Waals surface area contributed by atoms with E-state index in [1.54, 1.807) is 12.1 Å². The first-order chi connectivity index (χ1) is 13.0. The number of thioether (sulfide) groups is 1. The quantitative estimate of drug-likeness (QED) is 0.553. The number of hydrogen-bond acceptors (Lipinski definition) is 5. The summed E-state index contributed by atoms with van der Waals surface area (Å²) in [6.07, 6.45) is -0.263. The van der Waals surface area contributed by atoms with Crippen molar-refractivity contribution in [1.29, 1.82) is 0 Å². The Balaban J connectivity index is 1.93. The number of hydrogen-bond donors (Lipinski definition) is 1. The summed E-state index contributed by atoms with van der Waals surface area (Å²) in [5.74, 6) is -1.33. The van der Waals surface area contributed by atoms with Gasteiger partial charge in [0, 0.05) is 4.47 Å². The third-order valence-corrected chi connectivity index (χ3v) is 5.51. The minimum atomic E-state index is -1.02. The van der Waals surface area contributed by atoms with Crippen LogP contribution in [0.15, 0.2) is 69.3 Å².